The van der Waals surface area contributed by atoms with E-state index in [1.807, 2.05) is 32.0 Å². The van der Waals surface area contributed by atoms with E-state index in [1.165, 1.54) is 10.6 Å². The molecule has 124 valence electrons. The van der Waals surface area contributed by atoms with Crippen molar-refractivity contribution in [2.24, 2.45) is 0 Å². The van der Waals surface area contributed by atoms with Crippen LogP contribution in [0.15, 0.2) is 18.2 Å². The monoisotopic (exact) mass is 326 g/mol. The summed E-state index contributed by atoms with van der Waals surface area (Å²) < 4.78 is 25.3. The molecule has 0 bridgehead atoms. The van der Waals surface area contributed by atoms with Crippen LogP contribution >= 0.6 is 0 Å². The van der Waals surface area contributed by atoms with E-state index in [0.717, 1.165) is 24.0 Å². The second-order valence-corrected chi connectivity index (χ2v) is 7.54. The maximum absolute atomic E-state index is 12.0. The van der Waals surface area contributed by atoms with E-state index in [-0.39, 0.29) is 18.9 Å². The SMILES string of the molecule is CCCCNC(=O)CCN(c1cc(C)cc(C)c1)S(C)(=O)=O. The number of amides is 1. The Bertz CT molecular complexity index is 592. The van der Waals surface area contributed by atoms with Gasteiger partial charge in [-0.25, -0.2) is 8.42 Å². The van der Waals surface area contributed by atoms with E-state index in [4.69, 9.17) is 0 Å². The number of aryl methyl sites for hydroxylation is 2. The van der Waals surface area contributed by atoms with Crippen LogP contribution in [0.2, 0.25) is 0 Å². The molecule has 0 atom stereocenters. The molecule has 1 amide bonds. The van der Waals surface area contributed by atoms with Gasteiger partial charge in [-0.05, 0) is 43.5 Å². The summed E-state index contributed by atoms with van der Waals surface area (Å²) in [6.45, 7) is 6.69. The van der Waals surface area contributed by atoms with Crippen molar-refractivity contribution in [3.8, 4) is 0 Å². The molecular weight excluding hydrogens is 300 g/mol. The van der Waals surface area contributed by atoms with Crippen LogP contribution in [0.25, 0.3) is 0 Å². The lowest BCUT2D eigenvalue weighted by Gasteiger charge is -2.23. The molecule has 0 aliphatic rings. The summed E-state index contributed by atoms with van der Waals surface area (Å²) in [5, 5.41) is 2.80. The first-order chi connectivity index (χ1) is 10.2. The summed E-state index contributed by atoms with van der Waals surface area (Å²) in [4.78, 5) is 11.8. The number of hydrogen-bond donors (Lipinski definition) is 1. The molecule has 0 fully saturated rings. The third-order valence-electron chi connectivity index (χ3n) is 3.29. The lowest BCUT2D eigenvalue weighted by atomic mass is 10.1. The number of carbonyl (C=O) groups is 1. The number of hydrogen-bond acceptors (Lipinski definition) is 3. The molecular formula is C16H26N2O3S. The van der Waals surface area contributed by atoms with Crippen molar-refractivity contribution in [3.63, 3.8) is 0 Å². The molecule has 0 saturated carbocycles. The molecule has 0 aliphatic carbocycles. The molecule has 1 aromatic carbocycles. The number of benzene rings is 1. The van der Waals surface area contributed by atoms with E-state index >= 15 is 0 Å². The van der Waals surface area contributed by atoms with Crippen molar-refractivity contribution in [2.75, 3.05) is 23.7 Å². The van der Waals surface area contributed by atoms with E-state index in [0.29, 0.717) is 12.2 Å². The van der Waals surface area contributed by atoms with E-state index in [1.54, 1.807) is 0 Å². The van der Waals surface area contributed by atoms with Crippen molar-refractivity contribution >= 4 is 21.6 Å². The van der Waals surface area contributed by atoms with Gasteiger partial charge in [-0.3, -0.25) is 9.10 Å². The molecule has 6 heteroatoms. The summed E-state index contributed by atoms with van der Waals surface area (Å²) in [7, 11) is -3.42. The summed E-state index contributed by atoms with van der Waals surface area (Å²) in [5.41, 5.74) is 2.61. The minimum Gasteiger partial charge on any atom is -0.356 e. The van der Waals surface area contributed by atoms with Gasteiger partial charge >= 0.3 is 0 Å². The Morgan fingerprint density at radius 3 is 2.27 bits per heavy atom. The van der Waals surface area contributed by atoms with Gasteiger partial charge < -0.3 is 5.32 Å². The highest BCUT2D eigenvalue weighted by atomic mass is 32.2. The van der Waals surface area contributed by atoms with Crippen molar-refractivity contribution in [2.45, 2.75) is 40.0 Å². The quantitative estimate of drug-likeness (QED) is 0.746. The summed E-state index contributed by atoms with van der Waals surface area (Å²) in [5.74, 6) is -0.119. The second-order valence-electron chi connectivity index (χ2n) is 5.63. The van der Waals surface area contributed by atoms with Crippen molar-refractivity contribution in [1.29, 1.82) is 0 Å². The molecule has 0 radical (unpaired) electrons. The third-order valence-corrected chi connectivity index (χ3v) is 4.48. The smallest absolute Gasteiger partial charge is 0.232 e. The molecule has 0 unspecified atom stereocenters. The molecule has 1 N–H and O–H groups in total. The molecule has 0 spiro atoms. The van der Waals surface area contributed by atoms with Gasteiger partial charge in [-0.1, -0.05) is 19.4 Å². The fourth-order valence-corrected chi connectivity index (χ4v) is 3.19. The third kappa shape index (κ3) is 6.05. The highest BCUT2D eigenvalue weighted by molar-refractivity contribution is 7.92. The van der Waals surface area contributed by atoms with Crippen molar-refractivity contribution in [3.05, 3.63) is 29.3 Å². The van der Waals surface area contributed by atoms with Gasteiger partial charge in [-0.2, -0.15) is 0 Å². The fraction of sp³-hybridized carbons (Fsp3) is 0.562. The minimum absolute atomic E-state index is 0.119. The van der Waals surface area contributed by atoms with Gasteiger partial charge in [0.1, 0.15) is 0 Å². The van der Waals surface area contributed by atoms with Crippen LogP contribution in [0.3, 0.4) is 0 Å². The number of nitrogens with zero attached hydrogens (tertiary/aromatic N) is 1. The first-order valence-corrected chi connectivity index (χ1v) is 9.41. The van der Waals surface area contributed by atoms with Crippen LogP contribution in [-0.2, 0) is 14.8 Å². The fourth-order valence-electron chi connectivity index (χ4n) is 2.28. The van der Waals surface area contributed by atoms with E-state index in [9.17, 15) is 13.2 Å². The van der Waals surface area contributed by atoms with E-state index < -0.39 is 10.0 Å². The largest absolute Gasteiger partial charge is 0.356 e. The van der Waals surface area contributed by atoms with Crippen LogP contribution in [0.5, 0.6) is 0 Å². The molecule has 0 heterocycles. The van der Waals surface area contributed by atoms with Crippen LogP contribution in [0.4, 0.5) is 5.69 Å². The van der Waals surface area contributed by atoms with E-state index in [2.05, 4.69) is 12.2 Å². The van der Waals surface area contributed by atoms with Gasteiger partial charge in [0, 0.05) is 19.5 Å². The highest BCUT2D eigenvalue weighted by Crippen LogP contribution is 2.21. The average molecular weight is 326 g/mol. The van der Waals surface area contributed by atoms with Gasteiger partial charge in [0.15, 0.2) is 0 Å². The Labute approximate surface area is 133 Å². The van der Waals surface area contributed by atoms with Crippen molar-refractivity contribution in [1.82, 2.24) is 5.32 Å². The van der Waals surface area contributed by atoms with Gasteiger partial charge in [-0.15, -0.1) is 0 Å². The van der Waals surface area contributed by atoms with Crippen LogP contribution < -0.4 is 9.62 Å². The zero-order valence-corrected chi connectivity index (χ0v) is 14.7. The Balaban J connectivity index is 2.81. The number of sulfonamides is 1. The highest BCUT2D eigenvalue weighted by Gasteiger charge is 2.19. The molecule has 0 aromatic heterocycles. The number of carbonyl (C=O) groups excluding carboxylic acids is 1. The zero-order valence-electron chi connectivity index (χ0n) is 13.8. The lowest BCUT2D eigenvalue weighted by molar-refractivity contribution is -0.120. The minimum atomic E-state index is -3.42. The Morgan fingerprint density at radius 2 is 1.77 bits per heavy atom. The molecule has 0 aliphatic heterocycles. The first kappa shape index (κ1) is 18.5. The van der Waals surface area contributed by atoms with Gasteiger partial charge in [0.05, 0.1) is 11.9 Å². The van der Waals surface area contributed by atoms with Crippen LogP contribution in [0, 0.1) is 13.8 Å². The number of nitrogens with one attached hydrogen (secondary N) is 1. The predicted molar refractivity (Wildman–Crippen MR) is 90.6 cm³/mol. The maximum atomic E-state index is 12.0. The molecule has 1 aromatic rings. The van der Waals surface area contributed by atoms with Gasteiger partial charge in [0.2, 0.25) is 15.9 Å². The molecule has 5 nitrogen and oxygen atoms in total. The maximum Gasteiger partial charge on any atom is 0.232 e. The summed E-state index contributed by atoms with van der Waals surface area (Å²) in [6, 6.07) is 5.63. The molecule has 1 rings (SSSR count). The Morgan fingerprint density at radius 1 is 1.18 bits per heavy atom. The first-order valence-electron chi connectivity index (χ1n) is 7.56. The summed E-state index contributed by atoms with van der Waals surface area (Å²) >= 11 is 0. The topological polar surface area (TPSA) is 66.5 Å². The van der Waals surface area contributed by atoms with Gasteiger partial charge in [0.25, 0.3) is 0 Å². The van der Waals surface area contributed by atoms with Crippen LogP contribution in [-0.4, -0.2) is 33.7 Å². The van der Waals surface area contributed by atoms with Crippen LogP contribution in [0.1, 0.15) is 37.3 Å². The molecule has 0 saturated heterocycles. The zero-order chi connectivity index (χ0) is 16.8. The number of anilines is 1. The second kappa shape index (κ2) is 8.17. The Hall–Kier alpha value is -1.56. The number of rotatable bonds is 8. The standard InChI is InChI=1S/C16H26N2O3S/c1-5-6-8-17-16(19)7-9-18(22(4,20)21)15-11-13(2)10-14(3)12-15/h10-12H,5-9H2,1-4H3,(H,17,19). The molecule has 22 heavy (non-hydrogen) atoms. The average Bonchev–Trinajstić information content (AvgIpc) is 2.36. The normalized spacial score (nSPS) is 11.3. The number of unbranched alkanes of at least 4 members (excludes halogenated alkanes) is 1. The lowest BCUT2D eigenvalue weighted by Crippen LogP contribution is -2.35. The Kier molecular flexibility index (Phi) is 6.87. The predicted octanol–water partition coefficient (Wildman–Crippen LogP) is 2.38. The summed E-state index contributed by atoms with van der Waals surface area (Å²) in [6.07, 6.45) is 3.26. The van der Waals surface area contributed by atoms with Crippen molar-refractivity contribution < 1.29 is 13.2 Å².